The number of benzene rings is 2. The molecule has 0 radical (unpaired) electrons. The first-order valence-electron chi connectivity index (χ1n) is 6.59. The van der Waals surface area contributed by atoms with E-state index in [1.165, 1.54) is 0 Å². The van der Waals surface area contributed by atoms with Gasteiger partial charge in [-0.3, -0.25) is 0 Å². The van der Waals surface area contributed by atoms with Crippen LogP contribution in [0.15, 0.2) is 48.5 Å². The lowest BCUT2D eigenvalue weighted by Gasteiger charge is -2.17. The third kappa shape index (κ3) is 4.48. The van der Waals surface area contributed by atoms with Crippen molar-refractivity contribution >= 4 is 23.3 Å². The molecule has 0 aliphatic carbocycles. The summed E-state index contributed by atoms with van der Waals surface area (Å²) >= 11 is 5.82. The number of urea groups is 1. The molecule has 1 unspecified atom stereocenters. The van der Waals surface area contributed by atoms with Crippen molar-refractivity contribution in [1.82, 2.24) is 5.32 Å². The first-order chi connectivity index (χ1) is 10.1. The maximum Gasteiger partial charge on any atom is 0.319 e. The number of aliphatic hydroxyl groups excluding tert-OH is 1. The predicted octanol–water partition coefficient (Wildman–Crippen LogP) is 3.50. The molecule has 0 saturated carbocycles. The number of nitrogens with one attached hydrogen (secondary N) is 2. The van der Waals surface area contributed by atoms with Crippen molar-refractivity contribution in [2.75, 3.05) is 11.9 Å². The van der Waals surface area contributed by atoms with Crippen molar-refractivity contribution in [3.63, 3.8) is 0 Å². The van der Waals surface area contributed by atoms with E-state index in [0.29, 0.717) is 10.7 Å². The van der Waals surface area contributed by atoms with Gasteiger partial charge < -0.3 is 15.7 Å². The highest BCUT2D eigenvalue weighted by Crippen LogP contribution is 2.16. The van der Waals surface area contributed by atoms with E-state index in [4.69, 9.17) is 11.6 Å². The third-order valence-electron chi connectivity index (χ3n) is 3.07. The normalized spacial score (nSPS) is 11.8. The van der Waals surface area contributed by atoms with E-state index < -0.39 is 6.04 Å². The van der Waals surface area contributed by atoms with Crippen LogP contribution >= 0.6 is 11.6 Å². The van der Waals surface area contributed by atoms with Gasteiger partial charge in [0, 0.05) is 10.7 Å². The Balaban J connectivity index is 1.99. The first kappa shape index (κ1) is 15.4. The molecule has 2 amide bonds. The predicted molar refractivity (Wildman–Crippen MR) is 84.6 cm³/mol. The van der Waals surface area contributed by atoms with E-state index in [9.17, 15) is 9.90 Å². The Bertz CT molecular complexity index is 597. The summed E-state index contributed by atoms with van der Waals surface area (Å²) in [6.45, 7) is 1.79. The number of hydrogen-bond acceptors (Lipinski definition) is 2. The molecular weight excluding hydrogens is 288 g/mol. The van der Waals surface area contributed by atoms with Gasteiger partial charge in [-0.1, -0.05) is 41.4 Å². The average Bonchev–Trinajstić information content (AvgIpc) is 2.48. The zero-order valence-corrected chi connectivity index (χ0v) is 12.4. The van der Waals surface area contributed by atoms with E-state index in [-0.39, 0.29) is 12.6 Å². The molecule has 3 N–H and O–H groups in total. The van der Waals surface area contributed by atoms with Gasteiger partial charge in [0.25, 0.3) is 0 Å². The Morgan fingerprint density at radius 1 is 1.14 bits per heavy atom. The Labute approximate surface area is 128 Å². The molecule has 21 heavy (non-hydrogen) atoms. The minimum Gasteiger partial charge on any atom is -0.394 e. The fourth-order valence-electron chi connectivity index (χ4n) is 1.89. The average molecular weight is 305 g/mol. The van der Waals surface area contributed by atoms with E-state index >= 15 is 0 Å². The highest BCUT2D eigenvalue weighted by molar-refractivity contribution is 6.30. The second kappa shape index (κ2) is 7.11. The molecule has 0 aromatic heterocycles. The molecule has 2 rings (SSSR count). The van der Waals surface area contributed by atoms with E-state index in [2.05, 4.69) is 10.6 Å². The third-order valence-corrected chi connectivity index (χ3v) is 3.32. The van der Waals surface area contributed by atoms with Gasteiger partial charge >= 0.3 is 6.03 Å². The van der Waals surface area contributed by atoms with Crippen LogP contribution < -0.4 is 10.6 Å². The molecule has 0 aliphatic rings. The summed E-state index contributed by atoms with van der Waals surface area (Å²) in [7, 11) is 0. The summed E-state index contributed by atoms with van der Waals surface area (Å²) in [5.41, 5.74) is 2.61. The number of halogens is 1. The van der Waals surface area contributed by atoms with Crippen molar-refractivity contribution in [2.24, 2.45) is 0 Å². The molecule has 1 atom stereocenters. The molecule has 0 bridgehead atoms. The summed E-state index contributed by atoms with van der Waals surface area (Å²) < 4.78 is 0. The largest absolute Gasteiger partial charge is 0.394 e. The standard InChI is InChI=1S/C16H17ClN2O2/c1-11-2-8-14(9-3-11)18-16(21)19-15(10-20)12-4-6-13(17)7-5-12/h2-9,15,20H,10H2,1H3,(H2,18,19,21). The number of aliphatic hydroxyl groups is 1. The zero-order chi connectivity index (χ0) is 15.2. The highest BCUT2D eigenvalue weighted by atomic mass is 35.5. The number of amides is 2. The van der Waals surface area contributed by atoms with Gasteiger partial charge in [0.15, 0.2) is 0 Å². The molecule has 0 fully saturated rings. The van der Waals surface area contributed by atoms with Crippen molar-refractivity contribution < 1.29 is 9.90 Å². The Morgan fingerprint density at radius 3 is 2.33 bits per heavy atom. The fraction of sp³-hybridized carbons (Fsp3) is 0.188. The minimum atomic E-state index is -0.479. The van der Waals surface area contributed by atoms with Gasteiger partial charge in [-0.15, -0.1) is 0 Å². The second-order valence-electron chi connectivity index (χ2n) is 4.75. The lowest BCUT2D eigenvalue weighted by molar-refractivity contribution is 0.225. The summed E-state index contributed by atoms with van der Waals surface area (Å²) in [6, 6.07) is 13.6. The number of rotatable bonds is 4. The van der Waals surface area contributed by atoms with Gasteiger partial charge in [0.05, 0.1) is 12.6 Å². The van der Waals surface area contributed by atoms with Crippen LogP contribution in [0.1, 0.15) is 17.2 Å². The van der Waals surface area contributed by atoms with Gasteiger partial charge in [-0.25, -0.2) is 4.79 Å². The molecule has 4 nitrogen and oxygen atoms in total. The first-order valence-corrected chi connectivity index (χ1v) is 6.97. The van der Waals surface area contributed by atoms with Crippen LogP contribution in [0.3, 0.4) is 0 Å². The maximum absolute atomic E-state index is 11.9. The molecule has 0 aliphatic heterocycles. The Hall–Kier alpha value is -2.04. The van der Waals surface area contributed by atoms with Crippen LogP contribution in [-0.4, -0.2) is 17.7 Å². The van der Waals surface area contributed by atoms with Crippen molar-refractivity contribution in [2.45, 2.75) is 13.0 Å². The lowest BCUT2D eigenvalue weighted by Crippen LogP contribution is -2.34. The van der Waals surface area contributed by atoms with Crippen LogP contribution in [-0.2, 0) is 0 Å². The number of hydrogen-bond donors (Lipinski definition) is 3. The molecule has 2 aromatic rings. The van der Waals surface area contributed by atoms with Crippen LogP contribution in [0, 0.1) is 6.92 Å². The molecule has 2 aromatic carbocycles. The van der Waals surface area contributed by atoms with Gasteiger partial charge in [-0.05, 0) is 36.8 Å². The maximum atomic E-state index is 11.9. The molecule has 5 heteroatoms. The zero-order valence-electron chi connectivity index (χ0n) is 11.6. The second-order valence-corrected chi connectivity index (χ2v) is 5.19. The monoisotopic (exact) mass is 304 g/mol. The number of carbonyl (C=O) groups excluding carboxylic acids is 1. The van der Waals surface area contributed by atoms with Gasteiger partial charge in [-0.2, -0.15) is 0 Å². The number of aryl methyl sites for hydroxylation is 1. The molecule has 110 valence electrons. The molecular formula is C16H17ClN2O2. The van der Waals surface area contributed by atoms with Gasteiger partial charge in [0.2, 0.25) is 0 Å². The fourth-order valence-corrected chi connectivity index (χ4v) is 2.02. The summed E-state index contributed by atoms with van der Waals surface area (Å²) in [4.78, 5) is 11.9. The smallest absolute Gasteiger partial charge is 0.319 e. The van der Waals surface area contributed by atoms with Crippen molar-refractivity contribution in [1.29, 1.82) is 0 Å². The molecule has 0 spiro atoms. The molecule has 0 saturated heterocycles. The Kier molecular flexibility index (Phi) is 5.20. The minimum absolute atomic E-state index is 0.192. The summed E-state index contributed by atoms with van der Waals surface area (Å²) in [5, 5.41) is 15.5. The van der Waals surface area contributed by atoms with E-state index in [0.717, 1.165) is 11.1 Å². The summed E-state index contributed by atoms with van der Waals surface area (Å²) in [5.74, 6) is 0. The summed E-state index contributed by atoms with van der Waals surface area (Å²) in [6.07, 6.45) is 0. The van der Waals surface area contributed by atoms with Gasteiger partial charge in [0.1, 0.15) is 0 Å². The van der Waals surface area contributed by atoms with Crippen LogP contribution in [0.2, 0.25) is 5.02 Å². The number of anilines is 1. The van der Waals surface area contributed by atoms with Crippen LogP contribution in [0.25, 0.3) is 0 Å². The van der Waals surface area contributed by atoms with E-state index in [1.54, 1.807) is 24.3 Å². The van der Waals surface area contributed by atoms with Crippen LogP contribution in [0.4, 0.5) is 10.5 Å². The van der Waals surface area contributed by atoms with Crippen molar-refractivity contribution in [3.8, 4) is 0 Å². The quantitative estimate of drug-likeness (QED) is 0.809. The van der Waals surface area contributed by atoms with E-state index in [1.807, 2.05) is 31.2 Å². The van der Waals surface area contributed by atoms with Crippen LogP contribution in [0.5, 0.6) is 0 Å². The Morgan fingerprint density at radius 2 is 1.76 bits per heavy atom. The highest BCUT2D eigenvalue weighted by Gasteiger charge is 2.13. The van der Waals surface area contributed by atoms with Crippen molar-refractivity contribution in [3.05, 3.63) is 64.7 Å². The topological polar surface area (TPSA) is 61.4 Å². The molecule has 0 heterocycles. The SMILES string of the molecule is Cc1ccc(NC(=O)NC(CO)c2ccc(Cl)cc2)cc1. The lowest BCUT2D eigenvalue weighted by atomic mass is 10.1. The number of carbonyl (C=O) groups is 1.